The van der Waals surface area contributed by atoms with Gasteiger partial charge >= 0.3 is 0 Å². The largest absolute Gasteiger partial charge is 0.409 e. The van der Waals surface area contributed by atoms with E-state index in [2.05, 4.69) is 10.5 Å². The zero-order valence-electron chi connectivity index (χ0n) is 10.1. The van der Waals surface area contributed by atoms with E-state index < -0.39 is 5.82 Å². The van der Waals surface area contributed by atoms with Crippen LogP contribution in [0.3, 0.4) is 0 Å². The Kier molecular flexibility index (Phi) is 6.10. The number of aliphatic hydroxyl groups is 1. The predicted octanol–water partition coefficient (Wildman–Crippen LogP) is 0.782. The fourth-order valence-corrected chi connectivity index (χ4v) is 1.58. The molecule has 18 heavy (non-hydrogen) atoms. The minimum Gasteiger partial charge on any atom is -0.409 e. The van der Waals surface area contributed by atoms with E-state index in [0.717, 1.165) is 24.9 Å². The van der Waals surface area contributed by atoms with Gasteiger partial charge in [-0.15, -0.1) is 0 Å². The Hall–Kier alpha value is -1.66. The van der Waals surface area contributed by atoms with Crippen molar-refractivity contribution in [1.82, 2.24) is 5.32 Å². The van der Waals surface area contributed by atoms with Gasteiger partial charge in [-0.3, -0.25) is 0 Å². The van der Waals surface area contributed by atoms with Crippen molar-refractivity contribution in [2.24, 2.45) is 10.9 Å². The average molecular weight is 255 g/mol. The minimum atomic E-state index is -0.430. The van der Waals surface area contributed by atoms with Crippen molar-refractivity contribution in [3.63, 3.8) is 0 Å². The lowest BCUT2D eigenvalue weighted by Crippen LogP contribution is -2.21. The lowest BCUT2D eigenvalue weighted by Gasteiger charge is -2.09. The van der Waals surface area contributed by atoms with Crippen molar-refractivity contribution in [1.29, 1.82) is 0 Å². The molecular weight excluding hydrogens is 237 g/mol. The van der Waals surface area contributed by atoms with Crippen LogP contribution in [0.1, 0.15) is 24.0 Å². The molecule has 1 aromatic carbocycles. The van der Waals surface area contributed by atoms with E-state index in [4.69, 9.17) is 16.0 Å². The second-order valence-corrected chi connectivity index (χ2v) is 3.89. The number of oxime groups is 1. The standard InChI is InChI=1S/C12H18FN3O2/c13-10-4-3-9(8-15-5-1-2-6-17)11(7-10)12(14)16-18/h3-4,7,15,17-18H,1-2,5-6,8H2,(H2,14,16). The van der Waals surface area contributed by atoms with Crippen molar-refractivity contribution in [3.8, 4) is 0 Å². The second-order valence-electron chi connectivity index (χ2n) is 3.89. The van der Waals surface area contributed by atoms with Crippen molar-refractivity contribution < 1.29 is 14.7 Å². The van der Waals surface area contributed by atoms with Crippen LogP contribution in [-0.4, -0.2) is 29.3 Å². The molecule has 0 unspecified atom stereocenters. The maximum atomic E-state index is 13.1. The Morgan fingerprint density at radius 3 is 2.83 bits per heavy atom. The smallest absolute Gasteiger partial charge is 0.170 e. The number of hydrogen-bond donors (Lipinski definition) is 4. The lowest BCUT2D eigenvalue weighted by atomic mass is 10.1. The van der Waals surface area contributed by atoms with Crippen LogP contribution in [-0.2, 0) is 6.54 Å². The molecule has 0 atom stereocenters. The number of nitrogens with two attached hydrogens (primary N) is 1. The number of amidine groups is 1. The van der Waals surface area contributed by atoms with Gasteiger partial charge in [0, 0.05) is 18.7 Å². The molecule has 0 radical (unpaired) electrons. The molecular formula is C12H18FN3O2. The number of nitrogens with zero attached hydrogens (tertiary/aromatic N) is 1. The summed E-state index contributed by atoms with van der Waals surface area (Å²) in [4.78, 5) is 0. The van der Waals surface area contributed by atoms with Crippen molar-refractivity contribution in [2.45, 2.75) is 19.4 Å². The summed E-state index contributed by atoms with van der Waals surface area (Å²) >= 11 is 0. The molecule has 0 spiro atoms. The van der Waals surface area contributed by atoms with Crippen LogP contribution in [0.25, 0.3) is 0 Å². The third kappa shape index (κ3) is 4.31. The van der Waals surface area contributed by atoms with Gasteiger partial charge in [0.25, 0.3) is 0 Å². The van der Waals surface area contributed by atoms with Gasteiger partial charge in [-0.25, -0.2) is 4.39 Å². The summed E-state index contributed by atoms with van der Waals surface area (Å²) in [5.41, 5.74) is 6.63. The first-order valence-electron chi connectivity index (χ1n) is 5.77. The Bertz CT molecular complexity index is 410. The zero-order chi connectivity index (χ0) is 13.4. The molecule has 0 aliphatic rings. The molecule has 0 heterocycles. The van der Waals surface area contributed by atoms with E-state index in [9.17, 15) is 4.39 Å². The molecule has 0 saturated carbocycles. The molecule has 5 N–H and O–H groups in total. The molecule has 1 rings (SSSR count). The zero-order valence-corrected chi connectivity index (χ0v) is 10.1. The molecule has 0 saturated heterocycles. The van der Waals surface area contributed by atoms with Gasteiger partial charge in [-0.2, -0.15) is 0 Å². The number of rotatable bonds is 7. The highest BCUT2D eigenvalue weighted by Gasteiger charge is 2.08. The second kappa shape index (κ2) is 7.62. The Morgan fingerprint density at radius 2 is 2.17 bits per heavy atom. The van der Waals surface area contributed by atoms with Gasteiger partial charge in [0.15, 0.2) is 5.84 Å². The topological polar surface area (TPSA) is 90.9 Å². The van der Waals surface area contributed by atoms with Crippen LogP contribution in [0.5, 0.6) is 0 Å². The van der Waals surface area contributed by atoms with E-state index in [-0.39, 0.29) is 12.4 Å². The summed E-state index contributed by atoms with van der Waals surface area (Å²) in [5, 5.41) is 23.3. The van der Waals surface area contributed by atoms with Crippen molar-refractivity contribution >= 4 is 5.84 Å². The third-order valence-electron chi connectivity index (χ3n) is 2.53. The number of unbranched alkanes of at least 4 members (excludes halogenated alkanes) is 1. The summed E-state index contributed by atoms with van der Waals surface area (Å²) in [6.45, 7) is 1.42. The van der Waals surface area contributed by atoms with Crippen molar-refractivity contribution in [2.75, 3.05) is 13.2 Å². The van der Waals surface area contributed by atoms with Crippen LogP contribution < -0.4 is 11.1 Å². The lowest BCUT2D eigenvalue weighted by molar-refractivity contribution is 0.283. The first-order chi connectivity index (χ1) is 8.69. The molecule has 0 fully saturated rings. The van der Waals surface area contributed by atoms with Gasteiger partial charge in [-0.05, 0) is 37.1 Å². The molecule has 100 valence electrons. The number of nitrogens with one attached hydrogen (secondary N) is 1. The van der Waals surface area contributed by atoms with Gasteiger partial charge < -0.3 is 21.4 Å². The molecule has 0 aromatic heterocycles. The molecule has 5 nitrogen and oxygen atoms in total. The van der Waals surface area contributed by atoms with Gasteiger partial charge in [0.05, 0.1) is 0 Å². The summed E-state index contributed by atoms with van der Waals surface area (Å²) < 4.78 is 13.1. The first-order valence-corrected chi connectivity index (χ1v) is 5.77. The average Bonchev–Trinajstić information content (AvgIpc) is 2.39. The number of aliphatic hydroxyl groups excluding tert-OH is 1. The van der Waals surface area contributed by atoms with Gasteiger partial charge in [0.2, 0.25) is 0 Å². The van der Waals surface area contributed by atoms with Crippen LogP contribution in [0.15, 0.2) is 23.4 Å². The Morgan fingerprint density at radius 1 is 1.39 bits per heavy atom. The van der Waals surface area contributed by atoms with E-state index in [1.54, 1.807) is 6.07 Å². The maximum absolute atomic E-state index is 13.1. The van der Waals surface area contributed by atoms with Crippen LogP contribution >= 0.6 is 0 Å². The summed E-state index contributed by atoms with van der Waals surface area (Å²) in [6, 6.07) is 4.17. The number of halogens is 1. The Labute approximate surface area is 105 Å². The van der Waals surface area contributed by atoms with Crippen LogP contribution in [0.2, 0.25) is 0 Å². The first kappa shape index (κ1) is 14.4. The highest BCUT2D eigenvalue weighted by molar-refractivity contribution is 5.98. The molecule has 1 aromatic rings. The van der Waals surface area contributed by atoms with Crippen LogP contribution in [0.4, 0.5) is 4.39 Å². The molecule has 0 aliphatic heterocycles. The summed E-state index contributed by atoms with van der Waals surface area (Å²) in [5.74, 6) is -0.540. The molecule has 0 amide bonds. The van der Waals surface area contributed by atoms with Crippen molar-refractivity contribution in [3.05, 3.63) is 35.1 Å². The fraction of sp³-hybridized carbons (Fsp3) is 0.417. The fourth-order valence-electron chi connectivity index (χ4n) is 1.58. The van der Waals surface area contributed by atoms with E-state index >= 15 is 0 Å². The molecule has 0 aliphatic carbocycles. The molecule has 0 bridgehead atoms. The van der Waals surface area contributed by atoms with Gasteiger partial charge in [-0.1, -0.05) is 11.2 Å². The number of benzene rings is 1. The molecule has 6 heteroatoms. The minimum absolute atomic E-state index is 0.110. The van der Waals surface area contributed by atoms with E-state index in [1.165, 1.54) is 12.1 Å². The normalized spacial score (nSPS) is 11.8. The quantitative estimate of drug-likeness (QED) is 0.190. The van der Waals surface area contributed by atoms with E-state index in [0.29, 0.717) is 12.1 Å². The highest BCUT2D eigenvalue weighted by Crippen LogP contribution is 2.11. The highest BCUT2D eigenvalue weighted by atomic mass is 19.1. The Balaban J connectivity index is 2.64. The SMILES string of the molecule is N/C(=N/O)c1cc(F)ccc1CNCCCCO. The van der Waals surface area contributed by atoms with Gasteiger partial charge in [0.1, 0.15) is 5.82 Å². The monoisotopic (exact) mass is 255 g/mol. The third-order valence-corrected chi connectivity index (χ3v) is 2.53. The summed E-state index contributed by atoms with van der Waals surface area (Å²) in [7, 11) is 0. The number of hydrogen-bond acceptors (Lipinski definition) is 4. The van der Waals surface area contributed by atoms with Crippen LogP contribution in [0, 0.1) is 5.82 Å². The maximum Gasteiger partial charge on any atom is 0.170 e. The van der Waals surface area contributed by atoms with E-state index in [1.807, 2.05) is 0 Å². The predicted molar refractivity (Wildman–Crippen MR) is 66.9 cm³/mol. The summed E-state index contributed by atoms with van der Waals surface area (Å²) in [6.07, 6.45) is 1.60.